The van der Waals surface area contributed by atoms with Gasteiger partial charge in [0, 0.05) is 12.1 Å². The molecule has 0 heterocycles. The van der Waals surface area contributed by atoms with Crippen LogP contribution in [0.3, 0.4) is 0 Å². The Kier molecular flexibility index (Phi) is 4.76. The summed E-state index contributed by atoms with van der Waals surface area (Å²) < 4.78 is 18.8. The van der Waals surface area contributed by atoms with E-state index in [1.807, 2.05) is 6.92 Å². The third-order valence-electron chi connectivity index (χ3n) is 2.36. The van der Waals surface area contributed by atoms with E-state index in [0.29, 0.717) is 12.3 Å². The minimum atomic E-state index is -0.600. The lowest BCUT2D eigenvalue weighted by atomic mass is 10.2. The second kappa shape index (κ2) is 6.09. The average Bonchev–Trinajstić information content (AvgIpc) is 2.30. The quantitative estimate of drug-likeness (QED) is 0.671. The lowest BCUT2D eigenvalue weighted by Crippen LogP contribution is -2.32. The third-order valence-corrected chi connectivity index (χ3v) is 2.36. The van der Waals surface area contributed by atoms with Crippen molar-refractivity contribution < 1.29 is 13.9 Å². The van der Waals surface area contributed by atoms with Gasteiger partial charge in [0.2, 0.25) is 5.91 Å². The van der Waals surface area contributed by atoms with Crippen LogP contribution in [0.4, 0.5) is 15.8 Å². The largest absolute Gasteiger partial charge is 0.490 e. The van der Waals surface area contributed by atoms with Crippen LogP contribution in [0.1, 0.15) is 20.3 Å². The summed E-state index contributed by atoms with van der Waals surface area (Å²) in [5.74, 6) is -0.946. The number of primary amides is 1. The minimum absolute atomic E-state index is 0.102. The van der Waals surface area contributed by atoms with Gasteiger partial charge in [-0.25, -0.2) is 4.39 Å². The molecule has 0 radical (unpaired) electrons. The molecule has 100 valence electrons. The zero-order valence-electron chi connectivity index (χ0n) is 10.5. The molecule has 6 heteroatoms. The van der Waals surface area contributed by atoms with Crippen LogP contribution >= 0.6 is 0 Å². The molecule has 5 N–H and O–H groups in total. The van der Waals surface area contributed by atoms with Crippen LogP contribution in [-0.2, 0) is 4.79 Å². The Bertz CT molecular complexity index is 438. The Morgan fingerprint density at radius 2 is 2.22 bits per heavy atom. The maximum atomic E-state index is 13.5. The smallest absolute Gasteiger partial charge is 0.239 e. The van der Waals surface area contributed by atoms with E-state index >= 15 is 0 Å². The first kappa shape index (κ1) is 14.1. The second-order valence-corrected chi connectivity index (χ2v) is 3.99. The van der Waals surface area contributed by atoms with E-state index in [1.165, 1.54) is 6.07 Å². The maximum absolute atomic E-state index is 13.5. The Morgan fingerprint density at radius 1 is 1.56 bits per heavy atom. The van der Waals surface area contributed by atoms with E-state index in [4.69, 9.17) is 16.2 Å². The van der Waals surface area contributed by atoms with Crippen LogP contribution in [0.25, 0.3) is 0 Å². The van der Waals surface area contributed by atoms with Gasteiger partial charge in [-0.3, -0.25) is 4.79 Å². The number of nitrogens with one attached hydrogen (secondary N) is 1. The van der Waals surface area contributed by atoms with Crippen molar-refractivity contribution in [2.24, 2.45) is 5.73 Å². The number of hydrogen-bond donors (Lipinski definition) is 3. The highest BCUT2D eigenvalue weighted by Gasteiger charge is 2.13. The molecule has 1 rings (SSSR count). The van der Waals surface area contributed by atoms with Crippen LogP contribution in [0.15, 0.2) is 12.1 Å². The highest BCUT2D eigenvalue weighted by atomic mass is 19.1. The van der Waals surface area contributed by atoms with Crippen molar-refractivity contribution in [1.82, 2.24) is 0 Å². The lowest BCUT2D eigenvalue weighted by molar-refractivity contribution is -0.118. The van der Waals surface area contributed by atoms with Gasteiger partial charge in [-0.05, 0) is 13.3 Å². The molecule has 1 aromatic rings. The summed E-state index contributed by atoms with van der Waals surface area (Å²) in [5, 5.41) is 2.81. The molecule has 1 amide bonds. The minimum Gasteiger partial charge on any atom is -0.490 e. The first-order valence-electron chi connectivity index (χ1n) is 5.73. The Morgan fingerprint density at radius 3 is 2.78 bits per heavy atom. The molecule has 0 fully saturated rings. The fourth-order valence-corrected chi connectivity index (χ4v) is 1.32. The zero-order chi connectivity index (χ0) is 13.7. The van der Waals surface area contributed by atoms with Gasteiger partial charge < -0.3 is 21.5 Å². The third kappa shape index (κ3) is 3.51. The van der Waals surface area contributed by atoms with Crippen LogP contribution in [0.5, 0.6) is 5.75 Å². The summed E-state index contributed by atoms with van der Waals surface area (Å²) in [7, 11) is 0. The number of nitrogens with two attached hydrogens (primary N) is 2. The molecule has 0 saturated heterocycles. The zero-order valence-corrected chi connectivity index (χ0v) is 10.5. The molecule has 1 aromatic carbocycles. The summed E-state index contributed by atoms with van der Waals surface area (Å²) in [6, 6.07) is 1.98. The first-order chi connectivity index (χ1) is 8.45. The van der Waals surface area contributed by atoms with E-state index in [2.05, 4.69) is 5.32 Å². The number of ether oxygens (including phenoxy) is 1. The fourth-order valence-electron chi connectivity index (χ4n) is 1.32. The molecule has 0 saturated carbocycles. The number of anilines is 2. The predicted molar refractivity (Wildman–Crippen MR) is 68.9 cm³/mol. The molecule has 0 bridgehead atoms. The van der Waals surface area contributed by atoms with Gasteiger partial charge in [0.05, 0.1) is 18.0 Å². The molecule has 0 spiro atoms. The molecule has 0 aliphatic rings. The lowest BCUT2D eigenvalue weighted by Gasteiger charge is -2.15. The number of carbonyl (C=O) groups is 1. The van der Waals surface area contributed by atoms with Gasteiger partial charge in [-0.2, -0.15) is 0 Å². The number of benzene rings is 1. The Labute approximate surface area is 105 Å². The van der Waals surface area contributed by atoms with Crippen molar-refractivity contribution in [3.63, 3.8) is 0 Å². The summed E-state index contributed by atoms with van der Waals surface area (Å²) in [6.45, 7) is 3.92. The molecule has 0 aliphatic carbocycles. The van der Waals surface area contributed by atoms with E-state index in [-0.39, 0.29) is 11.4 Å². The molecule has 0 aliphatic heterocycles. The molecule has 0 aromatic heterocycles. The highest BCUT2D eigenvalue weighted by Crippen LogP contribution is 2.28. The van der Waals surface area contributed by atoms with Crippen LogP contribution < -0.4 is 21.5 Å². The SMILES string of the molecule is CCCOc1cc(NC(C)C(N)=O)c(N)cc1F. The summed E-state index contributed by atoms with van der Waals surface area (Å²) >= 11 is 0. The van der Waals surface area contributed by atoms with Gasteiger partial charge in [0.25, 0.3) is 0 Å². The normalized spacial score (nSPS) is 11.9. The first-order valence-corrected chi connectivity index (χ1v) is 5.73. The van der Waals surface area contributed by atoms with E-state index in [9.17, 15) is 9.18 Å². The van der Waals surface area contributed by atoms with Gasteiger partial charge in [-0.1, -0.05) is 6.92 Å². The Balaban J connectivity index is 2.93. The van der Waals surface area contributed by atoms with Crippen molar-refractivity contribution in [3.05, 3.63) is 17.9 Å². The summed E-state index contributed by atoms with van der Waals surface area (Å²) in [5.41, 5.74) is 11.4. The summed E-state index contributed by atoms with van der Waals surface area (Å²) in [6.07, 6.45) is 0.768. The van der Waals surface area contributed by atoms with Gasteiger partial charge in [0.15, 0.2) is 11.6 Å². The molecular formula is C12H18FN3O2. The molecule has 18 heavy (non-hydrogen) atoms. The number of carbonyl (C=O) groups excluding carboxylic acids is 1. The molecular weight excluding hydrogens is 237 g/mol. The van der Waals surface area contributed by atoms with Crippen molar-refractivity contribution in [2.75, 3.05) is 17.7 Å². The number of hydrogen-bond acceptors (Lipinski definition) is 4. The number of nitrogen functional groups attached to an aromatic ring is 1. The van der Waals surface area contributed by atoms with Crippen LogP contribution in [-0.4, -0.2) is 18.6 Å². The van der Waals surface area contributed by atoms with Crippen molar-refractivity contribution in [1.29, 1.82) is 0 Å². The maximum Gasteiger partial charge on any atom is 0.239 e. The summed E-state index contributed by atoms with van der Waals surface area (Å²) in [4.78, 5) is 11.0. The average molecular weight is 255 g/mol. The van der Waals surface area contributed by atoms with Gasteiger partial charge in [-0.15, -0.1) is 0 Å². The highest BCUT2D eigenvalue weighted by molar-refractivity contribution is 5.84. The van der Waals surface area contributed by atoms with Crippen LogP contribution in [0.2, 0.25) is 0 Å². The van der Waals surface area contributed by atoms with Crippen molar-refractivity contribution >= 4 is 17.3 Å². The predicted octanol–water partition coefficient (Wildman–Crippen LogP) is 1.48. The van der Waals surface area contributed by atoms with E-state index < -0.39 is 17.8 Å². The number of halogens is 1. The molecule has 1 unspecified atom stereocenters. The van der Waals surface area contributed by atoms with E-state index in [1.54, 1.807) is 6.92 Å². The van der Waals surface area contributed by atoms with Crippen molar-refractivity contribution in [3.8, 4) is 5.75 Å². The monoisotopic (exact) mass is 255 g/mol. The fraction of sp³-hybridized carbons (Fsp3) is 0.417. The van der Waals surface area contributed by atoms with E-state index in [0.717, 1.165) is 12.5 Å². The number of amides is 1. The second-order valence-electron chi connectivity index (χ2n) is 3.99. The Hall–Kier alpha value is -1.98. The van der Waals surface area contributed by atoms with Crippen LogP contribution in [0, 0.1) is 5.82 Å². The van der Waals surface area contributed by atoms with Gasteiger partial charge in [0.1, 0.15) is 6.04 Å². The van der Waals surface area contributed by atoms with Crippen molar-refractivity contribution in [2.45, 2.75) is 26.3 Å². The van der Waals surface area contributed by atoms with Gasteiger partial charge >= 0.3 is 0 Å². The number of rotatable bonds is 6. The molecule has 1 atom stereocenters. The topological polar surface area (TPSA) is 90.4 Å². The standard InChI is InChI=1S/C12H18FN3O2/c1-3-4-18-11-6-10(9(14)5-8(11)13)16-7(2)12(15)17/h5-7,16H,3-4,14H2,1-2H3,(H2,15,17). The molecule has 5 nitrogen and oxygen atoms in total.